The number of rotatable bonds is 7. The van der Waals surface area contributed by atoms with E-state index in [1.165, 1.54) is 27.9 Å². The van der Waals surface area contributed by atoms with Crippen molar-refractivity contribution in [3.8, 4) is 5.75 Å². The maximum atomic E-state index is 11.1. The number of esters is 2. The summed E-state index contributed by atoms with van der Waals surface area (Å²) >= 11 is 0. The average Bonchev–Trinajstić information content (AvgIpc) is 2.43. The number of carbonyl (C=O) groups is 3. The van der Waals surface area contributed by atoms with E-state index in [1.54, 1.807) is 18.2 Å². The lowest BCUT2D eigenvalue weighted by molar-refractivity contribution is -0.182. The summed E-state index contributed by atoms with van der Waals surface area (Å²) < 4.78 is 15.0. The molecule has 8 heteroatoms. The maximum absolute atomic E-state index is 11.1. The number of amides is 1. The van der Waals surface area contributed by atoms with E-state index < -0.39 is 18.2 Å². The van der Waals surface area contributed by atoms with Crippen LogP contribution in [-0.4, -0.2) is 37.8 Å². The Morgan fingerprint density at radius 3 is 2.17 bits per heavy atom. The molecule has 0 aliphatic carbocycles. The SMILES string of the molecule is COc1ccc(NC(C)=O)cc1NCC(OC(C)=O)OC(C)=O. The summed E-state index contributed by atoms with van der Waals surface area (Å²) in [6.07, 6.45) is -1.07. The number of ether oxygens (including phenoxy) is 3. The van der Waals surface area contributed by atoms with Crippen LogP contribution in [0.3, 0.4) is 0 Å². The van der Waals surface area contributed by atoms with E-state index in [4.69, 9.17) is 14.2 Å². The minimum atomic E-state index is -1.07. The summed E-state index contributed by atoms with van der Waals surface area (Å²) in [5.41, 5.74) is 1.11. The molecule has 0 aliphatic heterocycles. The largest absolute Gasteiger partial charge is 0.495 e. The van der Waals surface area contributed by atoms with Crippen molar-refractivity contribution in [1.82, 2.24) is 0 Å². The molecule has 0 heterocycles. The highest BCUT2D eigenvalue weighted by Crippen LogP contribution is 2.28. The molecule has 1 aromatic carbocycles. The van der Waals surface area contributed by atoms with Gasteiger partial charge in [-0.15, -0.1) is 0 Å². The fraction of sp³-hybridized carbons (Fsp3) is 0.400. The third-order valence-corrected chi connectivity index (χ3v) is 2.57. The Kier molecular flexibility index (Phi) is 6.85. The molecule has 1 aromatic rings. The number of anilines is 2. The van der Waals surface area contributed by atoms with Gasteiger partial charge in [0, 0.05) is 26.5 Å². The molecule has 0 saturated carbocycles. The van der Waals surface area contributed by atoms with Crippen molar-refractivity contribution in [3.05, 3.63) is 18.2 Å². The Labute approximate surface area is 134 Å². The van der Waals surface area contributed by atoms with Gasteiger partial charge in [-0.25, -0.2) is 0 Å². The van der Waals surface area contributed by atoms with Gasteiger partial charge in [-0.1, -0.05) is 0 Å². The summed E-state index contributed by atoms with van der Waals surface area (Å²) in [5.74, 6) is -0.837. The van der Waals surface area contributed by atoms with E-state index in [0.717, 1.165) is 0 Å². The van der Waals surface area contributed by atoms with Gasteiger partial charge in [-0.2, -0.15) is 0 Å². The zero-order valence-corrected chi connectivity index (χ0v) is 13.5. The van der Waals surface area contributed by atoms with Crippen molar-refractivity contribution in [2.45, 2.75) is 27.1 Å². The van der Waals surface area contributed by atoms with Crippen LogP contribution in [0.1, 0.15) is 20.8 Å². The molecule has 0 bridgehead atoms. The topological polar surface area (TPSA) is 103 Å². The fourth-order valence-corrected chi connectivity index (χ4v) is 1.80. The van der Waals surface area contributed by atoms with Crippen molar-refractivity contribution in [3.63, 3.8) is 0 Å². The van der Waals surface area contributed by atoms with Gasteiger partial charge in [0.2, 0.25) is 5.91 Å². The average molecular weight is 324 g/mol. The van der Waals surface area contributed by atoms with E-state index in [0.29, 0.717) is 17.1 Å². The molecule has 126 valence electrons. The molecule has 0 aliphatic rings. The molecule has 0 aromatic heterocycles. The Bertz CT molecular complexity index is 571. The molecular formula is C15H20N2O6. The van der Waals surface area contributed by atoms with E-state index in [-0.39, 0.29) is 12.5 Å². The quantitative estimate of drug-likeness (QED) is 0.579. The second-order valence-electron chi connectivity index (χ2n) is 4.63. The van der Waals surface area contributed by atoms with Crippen LogP contribution >= 0.6 is 0 Å². The highest BCUT2D eigenvalue weighted by Gasteiger charge is 2.16. The molecule has 0 saturated heterocycles. The van der Waals surface area contributed by atoms with Gasteiger partial charge in [0.05, 0.1) is 19.3 Å². The third-order valence-electron chi connectivity index (χ3n) is 2.57. The summed E-state index contributed by atoms with van der Waals surface area (Å²) in [5, 5.41) is 5.60. The Balaban J connectivity index is 2.84. The zero-order valence-electron chi connectivity index (χ0n) is 13.5. The molecule has 1 rings (SSSR count). The second-order valence-corrected chi connectivity index (χ2v) is 4.63. The van der Waals surface area contributed by atoms with E-state index in [2.05, 4.69) is 10.6 Å². The minimum absolute atomic E-state index is 0.0268. The van der Waals surface area contributed by atoms with Crippen molar-refractivity contribution in [1.29, 1.82) is 0 Å². The van der Waals surface area contributed by atoms with Gasteiger partial charge in [-0.3, -0.25) is 14.4 Å². The van der Waals surface area contributed by atoms with E-state index >= 15 is 0 Å². The van der Waals surface area contributed by atoms with Crippen LogP contribution in [0, 0.1) is 0 Å². The van der Waals surface area contributed by atoms with Gasteiger partial charge in [0.15, 0.2) is 0 Å². The molecule has 2 N–H and O–H groups in total. The number of methoxy groups -OCH3 is 1. The predicted octanol–water partition coefficient (Wildman–Crippen LogP) is 1.52. The number of carbonyl (C=O) groups excluding carboxylic acids is 3. The molecule has 0 radical (unpaired) electrons. The molecule has 0 unspecified atom stereocenters. The van der Waals surface area contributed by atoms with Crippen LogP contribution in [0.15, 0.2) is 18.2 Å². The van der Waals surface area contributed by atoms with Gasteiger partial charge >= 0.3 is 11.9 Å². The normalized spacial score (nSPS) is 9.96. The predicted molar refractivity (Wildman–Crippen MR) is 83.1 cm³/mol. The lowest BCUT2D eigenvalue weighted by Crippen LogP contribution is -2.30. The van der Waals surface area contributed by atoms with Crippen LogP contribution in [0.5, 0.6) is 5.75 Å². The highest BCUT2D eigenvalue weighted by molar-refractivity contribution is 5.89. The van der Waals surface area contributed by atoms with Crippen molar-refractivity contribution >= 4 is 29.2 Å². The van der Waals surface area contributed by atoms with Crippen LogP contribution < -0.4 is 15.4 Å². The summed E-state index contributed by atoms with van der Waals surface area (Å²) in [4.78, 5) is 33.2. The van der Waals surface area contributed by atoms with Crippen LogP contribution in [-0.2, 0) is 23.9 Å². The molecular weight excluding hydrogens is 304 g/mol. The van der Waals surface area contributed by atoms with Crippen molar-refractivity contribution < 1.29 is 28.6 Å². The second kappa shape index (κ2) is 8.62. The first-order valence-electron chi connectivity index (χ1n) is 6.85. The minimum Gasteiger partial charge on any atom is -0.495 e. The smallest absolute Gasteiger partial charge is 0.305 e. The van der Waals surface area contributed by atoms with Crippen LogP contribution in [0.25, 0.3) is 0 Å². The van der Waals surface area contributed by atoms with Gasteiger partial charge in [0.1, 0.15) is 5.75 Å². The Morgan fingerprint density at radius 1 is 1.09 bits per heavy atom. The Morgan fingerprint density at radius 2 is 1.70 bits per heavy atom. The fourth-order valence-electron chi connectivity index (χ4n) is 1.80. The zero-order chi connectivity index (χ0) is 17.4. The molecule has 0 spiro atoms. The Hall–Kier alpha value is -2.77. The van der Waals surface area contributed by atoms with Gasteiger partial charge in [-0.05, 0) is 18.2 Å². The molecule has 1 amide bonds. The number of benzene rings is 1. The van der Waals surface area contributed by atoms with E-state index in [9.17, 15) is 14.4 Å². The van der Waals surface area contributed by atoms with E-state index in [1.807, 2.05) is 0 Å². The molecule has 8 nitrogen and oxygen atoms in total. The van der Waals surface area contributed by atoms with Gasteiger partial charge < -0.3 is 24.8 Å². The van der Waals surface area contributed by atoms with Crippen LogP contribution in [0.4, 0.5) is 11.4 Å². The first kappa shape index (κ1) is 18.3. The summed E-state index contributed by atoms with van der Waals surface area (Å²) in [6, 6.07) is 5.00. The highest BCUT2D eigenvalue weighted by atomic mass is 16.7. The number of hydrogen-bond donors (Lipinski definition) is 2. The third kappa shape index (κ3) is 6.68. The lowest BCUT2D eigenvalue weighted by atomic mass is 10.2. The summed E-state index contributed by atoms with van der Waals surface area (Å²) in [6.45, 7) is 3.86. The molecule has 0 atom stereocenters. The maximum Gasteiger partial charge on any atom is 0.305 e. The first-order valence-corrected chi connectivity index (χ1v) is 6.85. The first-order chi connectivity index (χ1) is 10.8. The monoisotopic (exact) mass is 324 g/mol. The van der Waals surface area contributed by atoms with Gasteiger partial charge in [0.25, 0.3) is 6.29 Å². The lowest BCUT2D eigenvalue weighted by Gasteiger charge is -2.19. The molecule has 23 heavy (non-hydrogen) atoms. The van der Waals surface area contributed by atoms with Crippen molar-refractivity contribution in [2.24, 2.45) is 0 Å². The number of nitrogens with one attached hydrogen (secondary N) is 2. The summed E-state index contributed by atoms with van der Waals surface area (Å²) in [7, 11) is 1.49. The van der Waals surface area contributed by atoms with Crippen LogP contribution in [0.2, 0.25) is 0 Å². The van der Waals surface area contributed by atoms with Crippen molar-refractivity contribution in [2.75, 3.05) is 24.3 Å². The molecule has 0 fully saturated rings. The standard InChI is InChI=1S/C15H20N2O6/c1-9(18)17-12-5-6-14(21-4)13(7-12)16-8-15(22-10(2)19)23-11(3)20/h5-7,15-16H,8H2,1-4H3,(H,17,18). The number of hydrogen-bond acceptors (Lipinski definition) is 7.